The van der Waals surface area contributed by atoms with Gasteiger partial charge in [0.2, 0.25) is 5.91 Å². The zero-order chi connectivity index (χ0) is 11.7. The third-order valence-corrected chi connectivity index (χ3v) is 2.66. The van der Waals surface area contributed by atoms with Crippen LogP contribution in [0.25, 0.3) is 0 Å². The van der Waals surface area contributed by atoms with E-state index >= 15 is 0 Å². The molecule has 0 radical (unpaired) electrons. The number of piperidine rings is 1. The lowest BCUT2D eigenvalue weighted by Gasteiger charge is -2.28. The highest BCUT2D eigenvalue weighted by molar-refractivity contribution is 5.78. The molecule has 0 aliphatic carbocycles. The van der Waals surface area contributed by atoms with Gasteiger partial charge in [-0.05, 0) is 12.5 Å². The summed E-state index contributed by atoms with van der Waals surface area (Å²) in [6.07, 6.45) is 0.716. The monoisotopic (exact) mass is 226 g/mol. The summed E-state index contributed by atoms with van der Waals surface area (Å²) in [6, 6.07) is 2.58. The molecule has 1 aliphatic heterocycles. The molecule has 1 aliphatic rings. The summed E-state index contributed by atoms with van der Waals surface area (Å²) >= 11 is 0. The number of hydrogen-bond acceptors (Lipinski definition) is 2. The van der Waals surface area contributed by atoms with E-state index in [0.29, 0.717) is 6.42 Å². The highest BCUT2D eigenvalue weighted by Crippen LogP contribution is 2.25. The van der Waals surface area contributed by atoms with Crippen molar-refractivity contribution in [3.05, 3.63) is 35.4 Å². The number of hydrogen-bond donors (Lipinski definition) is 2. The standard InChI is InChI=1S/C11H12F2N2O/c12-6-1-2-8(9(13)3-6)10-4-7(14)5-11(16)15-10/h1-3,7,10H,4-5,14H2,(H,15,16). The van der Waals surface area contributed by atoms with Gasteiger partial charge in [0.15, 0.2) is 0 Å². The van der Waals surface area contributed by atoms with Crippen molar-refractivity contribution >= 4 is 5.91 Å². The molecule has 16 heavy (non-hydrogen) atoms. The molecule has 2 atom stereocenters. The number of rotatable bonds is 1. The Labute approximate surface area is 91.6 Å². The van der Waals surface area contributed by atoms with Gasteiger partial charge in [-0.2, -0.15) is 0 Å². The smallest absolute Gasteiger partial charge is 0.222 e. The Morgan fingerprint density at radius 1 is 1.38 bits per heavy atom. The Hall–Kier alpha value is -1.49. The van der Waals surface area contributed by atoms with Crippen LogP contribution in [0.3, 0.4) is 0 Å². The third kappa shape index (κ3) is 2.19. The van der Waals surface area contributed by atoms with Crippen molar-refractivity contribution in [2.24, 2.45) is 5.73 Å². The molecule has 3 nitrogen and oxygen atoms in total. The summed E-state index contributed by atoms with van der Waals surface area (Å²) < 4.78 is 26.2. The molecule has 1 heterocycles. The predicted molar refractivity (Wildman–Crippen MR) is 54.5 cm³/mol. The fourth-order valence-electron chi connectivity index (χ4n) is 1.93. The molecule has 2 rings (SSSR count). The van der Waals surface area contributed by atoms with E-state index in [2.05, 4.69) is 5.32 Å². The molecule has 5 heteroatoms. The van der Waals surface area contributed by atoms with Crippen LogP contribution in [0, 0.1) is 11.6 Å². The van der Waals surface area contributed by atoms with Crippen molar-refractivity contribution in [2.45, 2.75) is 24.9 Å². The zero-order valence-electron chi connectivity index (χ0n) is 8.54. The van der Waals surface area contributed by atoms with Crippen LogP contribution in [-0.4, -0.2) is 11.9 Å². The average Bonchev–Trinajstić information content (AvgIpc) is 2.15. The van der Waals surface area contributed by atoms with Crippen molar-refractivity contribution in [3.63, 3.8) is 0 Å². The molecule has 1 fully saturated rings. The molecule has 1 aromatic rings. The minimum absolute atomic E-state index is 0.201. The fourth-order valence-corrected chi connectivity index (χ4v) is 1.93. The van der Waals surface area contributed by atoms with Crippen LogP contribution >= 0.6 is 0 Å². The molecule has 3 N–H and O–H groups in total. The van der Waals surface area contributed by atoms with Crippen LogP contribution in [0.2, 0.25) is 0 Å². The zero-order valence-corrected chi connectivity index (χ0v) is 8.54. The van der Waals surface area contributed by atoms with Gasteiger partial charge in [-0.3, -0.25) is 4.79 Å². The lowest BCUT2D eigenvalue weighted by atomic mass is 9.93. The van der Waals surface area contributed by atoms with E-state index in [1.807, 2.05) is 0 Å². The fraction of sp³-hybridized carbons (Fsp3) is 0.364. The molecule has 86 valence electrons. The first-order valence-corrected chi connectivity index (χ1v) is 5.06. The number of amides is 1. The second kappa shape index (κ2) is 4.17. The quantitative estimate of drug-likeness (QED) is 0.757. The molecule has 1 saturated heterocycles. The van der Waals surface area contributed by atoms with Crippen LogP contribution in [0.1, 0.15) is 24.4 Å². The summed E-state index contributed by atoms with van der Waals surface area (Å²) in [5, 5.41) is 2.64. The van der Waals surface area contributed by atoms with E-state index in [1.54, 1.807) is 0 Å². The van der Waals surface area contributed by atoms with Crippen LogP contribution in [-0.2, 0) is 4.79 Å². The number of halogens is 2. The maximum absolute atomic E-state index is 13.5. The van der Waals surface area contributed by atoms with Gasteiger partial charge in [0.05, 0.1) is 6.04 Å². The van der Waals surface area contributed by atoms with E-state index < -0.39 is 17.7 Å². The van der Waals surface area contributed by atoms with Crippen molar-refractivity contribution in [1.29, 1.82) is 0 Å². The summed E-state index contributed by atoms with van der Waals surface area (Å²) in [4.78, 5) is 11.2. The van der Waals surface area contributed by atoms with Crippen LogP contribution in [0.4, 0.5) is 8.78 Å². The molecule has 1 aromatic carbocycles. The molecule has 0 aromatic heterocycles. The number of benzene rings is 1. The first kappa shape index (κ1) is 11.0. The summed E-state index contributed by atoms with van der Waals surface area (Å²) in [5.41, 5.74) is 5.96. The average molecular weight is 226 g/mol. The predicted octanol–water partition coefficient (Wildman–Crippen LogP) is 1.24. The first-order valence-electron chi connectivity index (χ1n) is 5.06. The van der Waals surface area contributed by atoms with Crippen LogP contribution in [0.15, 0.2) is 18.2 Å². The van der Waals surface area contributed by atoms with Crippen molar-refractivity contribution in [1.82, 2.24) is 5.32 Å². The minimum Gasteiger partial charge on any atom is -0.349 e. The Morgan fingerprint density at radius 3 is 2.75 bits per heavy atom. The van der Waals surface area contributed by atoms with Gasteiger partial charge in [0, 0.05) is 24.1 Å². The number of carbonyl (C=O) groups is 1. The van der Waals surface area contributed by atoms with E-state index in [1.165, 1.54) is 12.1 Å². The molecule has 0 spiro atoms. The Kier molecular flexibility index (Phi) is 2.87. The lowest BCUT2D eigenvalue weighted by Crippen LogP contribution is -2.42. The summed E-state index contributed by atoms with van der Waals surface area (Å²) in [5.74, 6) is -1.49. The summed E-state index contributed by atoms with van der Waals surface area (Å²) in [7, 11) is 0. The highest BCUT2D eigenvalue weighted by Gasteiger charge is 2.27. The van der Waals surface area contributed by atoms with Crippen LogP contribution in [0.5, 0.6) is 0 Å². The van der Waals surface area contributed by atoms with Crippen molar-refractivity contribution < 1.29 is 13.6 Å². The van der Waals surface area contributed by atoms with Crippen molar-refractivity contribution in [3.8, 4) is 0 Å². The Morgan fingerprint density at radius 2 is 2.12 bits per heavy atom. The number of nitrogens with one attached hydrogen (secondary N) is 1. The van der Waals surface area contributed by atoms with Crippen molar-refractivity contribution in [2.75, 3.05) is 0 Å². The third-order valence-electron chi connectivity index (χ3n) is 2.66. The Bertz CT molecular complexity index is 422. The topological polar surface area (TPSA) is 55.1 Å². The van der Waals surface area contributed by atoms with E-state index in [0.717, 1.165) is 6.07 Å². The maximum Gasteiger partial charge on any atom is 0.222 e. The molecule has 0 bridgehead atoms. The van der Waals surface area contributed by atoms with Gasteiger partial charge in [0.1, 0.15) is 11.6 Å². The van der Waals surface area contributed by atoms with Gasteiger partial charge in [0.25, 0.3) is 0 Å². The second-order valence-corrected chi connectivity index (χ2v) is 3.99. The van der Waals surface area contributed by atoms with Gasteiger partial charge < -0.3 is 11.1 Å². The Balaban J connectivity index is 2.26. The first-order chi connectivity index (χ1) is 7.56. The minimum atomic E-state index is -0.653. The molecule has 2 unspecified atom stereocenters. The van der Waals surface area contributed by atoms with E-state index in [9.17, 15) is 13.6 Å². The van der Waals surface area contributed by atoms with E-state index in [-0.39, 0.29) is 23.9 Å². The largest absolute Gasteiger partial charge is 0.349 e. The SMILES string of the molecule is NC1CC(=O)NC(c2ccc(F)cc2F)C1. The molecular weight excluding hydrogens is 214 g/mol. The second-order valence-electron chi connectivity index (χ2n) is 3.99. The van der Waals surface area contributed by atoms with Gasteiger partial charge in [-0.15, -0.1) is 0 Å². The molecule has 0 saturated carbocycles. The van der Waals surface area contributed by atoms with Gasteiger partial charge in [-0.1, -0.05) is 6.07 Å². The molecule has 1 amide bonds. The van der Waals surface area contributed by atoms with Crippen LogP contribution < -0.4 is 11.1 Å². The maximum atomic E-state index is 13.5. The summed E-state index contributed by atoms with van der Waals surface area (Å²) in [6.45, 7) is 0. The number of nitrogens with two attached hydrogens (primary N) is 1. The normalized spacial score (nSPS) is 25.3. The van der Waals surface area contributed by atoms with E-state index in [4.69, 9.17) is 5.73 Å². The lowest BCUT2D eigenvalue weighted by molar-refractivity contribution is -0.123. The number of carbonyl (C=O) groups excluding carboxylic acids is 1. The highest BCUT2D eigenvalue weighted by atomic mass is 19.1. The van der Waals surface area contributed by atoms with Gasteiger partial charge >= 0.3 is 0 Å². The molecular formula is C11H12F2N2O. The van der Waals surface area contributed by atoms with Gasteiger partial charge in [-0.25, -0.2) is 8.78 Å².